The molecule has 0 bridgehead atoms. The van der Waals surface area contributed by atoms with Crippen LogP contribution in [-0.2, 0) is 12.8 Å². The summed E-state index contributed by atoms with van der Waals surface area (Å²) in [6.45, 7) is 2.17. The summed E-state index contributed by atoms with van der Waals surface area (Å²) in [7, 11) is 0. The molecule has 0 saturated carbocycles. The van der Waals surface area contributed by atoms with Gasteiger partial charge < -0.3 is 10.3 Å². The van der Waals surface area contributed by atoms with E-state index in [2.05, 4.69) is 22.4 Å². The van der Waals surface area contributed by atoms with E-state index < -0.39 is 0 Å². The molecule has 0 aliphatic carbocycles. The van der Waals surface area contributed by atoms with Gasteiger partial charge in [-0.15, -0.1) is 0 Å². The van der Waals surface area contributed by atoms with Crippen LogP contribution in [0.5, 0.6) is 0 Å². The van der Waals surface area contributed by atoms with Crippen LogP contribution in [0.25, 0.3) is 10.9 Å². The van der Waals surface area contributed by atoms with E-state index in [0.29, 0.717) is 0 Å². The van der Waals surface area contributed by atoms with E-state index in [0.717, 1.165) is 25.9 Å². The lowest BCUT2D eigenvalue weighted by Crippen LogP contribution is -2.16. The second-order valence-corrected chi connectivity index (χ2v) is 3.79. The summed E-state index contributed by atoms with van der Waals surface area (Å²) < 4.78 is 0. The van der Waals surface area contributed by atoms with Crippen molar-refractivity contribution in [3.63, 3.8) is 0 Å². The zero-order valence-corrected chi connectivity index (χ0v) is 8.06. The summed E-state index contributed by atoms with van der Waals surface area (Å²) in [4.78, 5) is 3.48. The fourth-order valence-corrected chi connectivity index (χ4v) is 2.22. The Morgan fingerprint density at radius 2 is 2.14 bits per heavy atom. The summed E-state index contributed by atoms with van der Waals surface area (Å²) in [6.07, 6.45) is 2.23. The molecule has 0 amide bonds. The van der Waals surface area contributed by atoms with Crippen molar-refractivity contribution in [1.29, 1.82) is 0 Å². The van der Waals surface area contributed by atoms with Crippen LogP contribution in [0.2, 0.25) is 0 Å². The Labute approximate surface area is 83.3 Å². The predicted octanol–water partition coefficient (Wildman–Crippen LogP) is 1.66. The molecule has 3 rings (SSSR count). The minimum atomic E-state index is 1.08. The van der Waals surface area contributed by atoms with Gasteiger partial charge in [-0.25, -0.2) is 0 Å². The van der Waals surface area contributed by atoms with Crippen molar-refractivity contribution in [3.05, 3.63) is 35.5 Å². The molecule has 0 atom stereocenters. The van der Waals surface area contributed by atoms with E-state index in [-0.39, 0.29) is 0 Å². The number of fused-ring (bicyclic) bond motifs is 3. The molecule has 2 heterocycles. The molecule has 1 aromatic heterocycles. The van der Waals surface area contributed by atoms with E-state index in [1.165, 1.54) is 22.2 Å². The molecule has 1 aliphatic rings. The Hall–Kier alpha value is -1.28. The molecule has 0 unspecified atom stereocenters. The first-order valence-corrected chi connectivity index (χ1v) is 5.16. The largest absolute Gasteiger partial charge is 0.358 e. The van der Waals surface area contributed by atoms with Gasteiger partial charge in [0.05, 0.1) is 0 Å². The Bertz CT molecular complexity index is 456. The van der Waals surface area contributed by atoms with Gasteiger partial charge >= 0.3 is 0 Å². The van der Waals surface area contributed by atoms with Crippen molar-refractivity contribution in [2.45, 2.75) is 12.8 Å². The lowest BCUT2D eigenvalue weighted by Gasteiger charge is -1.96. The Kier molecular flexibility index (Phi) is 1.81. The van der Waals surface area contributed by atoms with Crippen molar-refractivity contribution >= 4 is 10.9 Å². The van der Waals surface area contributed by atoms with Gasteiger partial charge in [-0.05, 0) is 30.7 Å². The first kappa shape index (κ1) is 8.06. The number of benzene rings is 1. The van der Waals surface area contributed by atoms with E-state index >= 15 is 0 Å². The first-order chi connectivity index (χ1) is 6.95. The number of aromatic amines is 1. The lowest BCUT2D eigenvalue weighted by atomic mass is 10.1. The minimum absolute atomic E-state index is 1.08. The van der Waals surface area contributed by atoms with Gasteiger partial charge in [-0.2, -0.15) is 0 Å². The van der Waals surface area contributed by atoms with Crippen LogP contribution < -0.4 is 5.32 Å². The van der Waals surface area contributed by atoms with Crippen LogP contribution in [0.4, 0.5) is 0 Å². The third-order valence-electron chi connectivity index (χ3n) is 2.91. The fraction of sp³-hybridized carbons (Fsp3) is 0.333. The monoisotopic (exact) mass is 185 g/mol. The minimum Gasteiger partial charge on any atom is -0.358 e. The molecule has 71 valence electrons. The normalized spacial score (nSPS) is 16.6. The zero-order chi connectivity index (χ0) is 9.38. The molecule has 1 radical (unpaired) electrons. The Balaban J connectivity index is 2.24. The molecule has 2 heteroatoms. The highest BCUT2D eigenvalue weighted by atomic mass is 14.9. The third-order valence-corrected chi connectivity index (χ3v) is 2.91. The summed E-state index contributed by atoms with van der Waals surface area (Å²) in [5, 5.41) is 4.69. The first-order valence-electron chi connectivity index (χ1n) is 5.16. The standard InChI is InChI=1S/C12H13N2/c1-2-4-11-9(3-1)10-5-7-13-8-6-12(10)14-11/h1-2,4,13-14H,5-8H2. The van der Waals surface area contributed by atoms with Gasteiger partial charge in [0.1, 0.15) is 0 Å². The highest BCUT2D eigenvalue weighted by Gasteiger charge is 2.12. The third kappa shape index (κ3) is 1.15. The zero-order valence-electron chi connectivity index (χ0n) is 8.06. The molecule has 2 aromatic rings. The van der Waals surface area contributed by atoms with Gasteiger partial charge in [0, 0.05) is 29.6 Å². The van der Waals surface area contributed by atoms with Gasteiger partial charge in [-0.3, -0.25) is 0 Å². The molecule has 2 nitrogen and oxygen atoms in total. The number of H-pyrrole nitrogens is 1. The molecular formula is C12H13N2. The highest BCUT2D eigenvalue weighted by molar-refractivity contribution is 5.84. The molecule has 0 saturated heterocycles. The van der Waals surface area contributed by atoms with Gasteiger partial charge in [0.2, 0.25) is 0 Å². The van der Waals surface area contributed by atoms with Crippen molar-refractivity contribution in [2.24, 2.45) is 0 Å². The number of rotatable bonds is 0. The summed E-state index contributed by atoms with van der Waals surface area (Å²) >= 11 is 0. The number of nitrogens with one attached hydrogen (secondary N) is 2. The average molecular weight is 185 g/mol. The van der Waals surface area contributed by atoms with Crippen molar-refractivity contribution in [3.8, 4) is 0 Å². The number of hydrogen-bond acceptors (Lipinski definition) is 1. The van der Waals surface area contributed by atoms with Crippen molar-refractivity contribution < 1.29 is 0 Å². The lowest BCUT2D eigenvalue weighted by molar-refractivity contribution is 0.708. The molecule has 2 N–H and O–H groups in total. The van der Waals surface area contributed by atoms with Crippen LogP contribution in [0.15, 0.2) is 18.2 Å². The van der Waals surface area contributed by atoms with Gasteiger partial charge in [0.15, 0.2) is 0 Å². The summed E-state index contributed by atoms with van der Waals surface area (Å²) in [6, 6.07) is 9.49. The molecule has 1 aromatic carbocycles. The van der Waals surface area contributed by atoms with Crippen molar-refractivity contribution in [2.75, 3.05) is 13.1 Å². The topological polar surface area (TPSA) is 27.8 Å². The maximum Gasteiger partial charge on any atom is 0.0465 e. The summed E-state index contributed by atoms with van der Waals surface area (Å²) in [5.74, 6) is 0. The van der Waals surface area contributed by atoms with E-state index in [9.17, 15) is 0 Å². The molecular weight excluding hydrogens is 172 g/mol. The van der Waals surface area contributed by atoms with E-state index in [4.69, 9.17) is 0 Å². The van der Waals surface area contributed by atoms with Gasteiger partial charge in [0.25, 0.3) is 0 Å². The van der Waals surface area contributed by atoms with Crippen LogP contribution in [0.1, 0.15) is 11.3 Å². The predicted molar refractivity (Wildman–Crippen MR) is 57.4 cm³/mol. The maximum atomic E-state index is 3.48. The Morgan fingerprint density at radius 3 is 3.14 bits per heavy atom. The molecule has 1 aliphatic heterocycles. The van der Waals surface area contributed by atoms with E-state index in [1.807, 2.05) is 12.1 Å². The number of hydrogen-bond donors (Lipinski definition) is 2. The second kappa shape index (κ2) is 3.14. The van der Waals surface area contributed by atoms with Crippen molar-refractivity contribution in [1.82, 2.24) is 10.3 Å². The van der Waals surface area contributed by atoms with E-state index in [1.54, 1.807) is 0 Å². The van der Waals surface area contributed by atoms with Gasteiger partial charge in [-0.1, -0.05) is 12.1 Å². The smallest absolute Gasteiger partial charge is 0.0465 e. The maximum absolute atomic E-state index is 3.48. The van der Waals surface area contributed by atoms with Crippen LogP contribution in [0.3, 0.4) is 0 Å². The fourth-order valence-electron chi connectivity index (χ4n) is 2.22. The quantitative estimate of drug-likeness (QED) is 0.642. The van der Waals surface area contributed by atoms with Crippen LogP contribution in [-0.4, -0.2) is 18.1 Å². The second-order valence-electron chi connectivity index (χ2n) is 3.79. The molecule has 14 heavy (non-hydrogen) atoms. The number of aromatic nitrogens is 1. The highest BCUT2D eigenvalue weighted by Crippen LogP contribution is 2.23. The molecule has 0 fully saturated rings. The molecule has 0 spiro atoms. The average Bonchev–Trinajstić information content (AvgIpc) is 2.42. The Morgan fingerprint density at radius 1 is 1.21 bits per heavy atom. The van der Waals surface area contributed by atoms with Crippen LogP contribution in [0, 0.1) is 6.07 Å². The summed E-state index contributed by atoms with van der Waals surface area (Å²) in [5.41, 5.74) is 4.09. The van der Waals surface area contributed by atoms with Crippen LogP contribution >= 0.6 is 0 Å². The SMILES string of the molecule is [c]1cccc2[nH]c3c(c12)CCNCC3.